The predicted octanol–water partition coefficient (Wildman–Crippen LogP) is 9.49. The van der Waals surface area contributed by atoms with E-state index in [2.05, 4.69) is 32.9 Å². The molecule has 2 atom stereocenters. The smallest absolute Gasteiger partial charge is 0.167 e. The standard InChI is InChI=1S/C28H29N3O3.C12H24O/c1-16-6-9-22(18(3)12-16)26-29-27(23-10-7-17(2)13-19(23)4)31-28(30-26)24-11-8-21(14-25(24)33)34-15-20(5)32;1-2-3-4-5-6-7-9-12-10-8-11-13-12/h6-14,20,32-33H,15H2,1-5H3;12H,2-11H2,1H3. The number of aromatic hydroxyl groups is 1. The van der Waals surface area contributed by atoms with E-state index in [1.165, 1.54) is 63.9 Å². The lowest BCUT2D eigenvalue weighted by Gasteiger charge is -2.13. The van der Waals surface area contributed by atoms with Gasteiger partial charge in [0.1, 0.15) is 18.1 Å². The number of ether oxygens (including phenoxy) is 2. The van der Waals surface area contributed by atoms with Gasteiger partial charge in [-0.25, -0.2) is 15.0 Å². The largest absolute Gasteiger partial charge is 0.507 e. The summed E-state index contributed by atoms with van der Waals surface area (Å²) >= 11 is 0. The summed E-state index contributed by atoms with van der Waals surface area (Å²) in [6.45, 7) is 13.2. The van der Waals surface area contributed by atoms with Crippen molar-refractivity contribution in [2.24, 2.45) is 0 Å². The molecule has 7 nitrogen and oxygen atoms in total. The molecule has 0 saturated carbocycles. The van der Waals surface area contributed by atoms with Crippen LogP contribution in [0, 0.1) is 27.7 Å². The van der Waals surface area contributed by atoms with Crippen LogP contribution in [-0.4, -0.2) is 50.6 Å². The van der Waals surface area contributed by atoms with Crippen LogP contribution in [0.2, 0.25) is 0 Å². The molecule has 0 spiro atoms. The van der Waals surface area contributed by atoms with Gasteiger partial charge in [-0.3, -0.25) is 0 Å². The fourth-order valence-electron chi connectivity index (χ4n) is 5.90. The number of aliphatic hydroxyl groups is 1. The average Bonchev–Trinajstić information content (AvgIpc) is 3.55. The zero-order valence-electron chi connectivity index (χ0n) is 29.2. The van der Waals surface area contributed by atoms with Crippen molar-refractivity contribution in [3.63, 3.8) is 0 Å². The first-order valence-electron chi connectivity index (χ1n) is 17.3. The van der Waals surface area contributed by atoms with Gasteiger partial charge in [0, 0.05) is 23.8 Å². The van der Waals surface area contributed by atoms with Crippen LogP contribution in [-0.2, 0) is 4.74 Å². The number of hydrogen-bond acceptors (Lipinski definition) is 7. The highest BCUT2D eigenvalue weighted by molar-refractivity contribution is 5.72. The van der Waals surface area contributed by atoms with Crippen LogP contribution < -0.4 is 4.74 Å². The van der Waals surface area contributed by atoms with E-state index in [1.807, 2.05) is 38.1 Å². The third-order valence-electron chi connectivity index (χ3n) is 8.49. The predicted molar refractivity (Wildman–Crippen MR) is 191 cm³/mol. The maximum Gasteiger partial charge on any atom is 0.167 e. The summed E-state index contributed by atoms with van der Waals surface area (Å²) in [5, 5.41) is 20.2. The van der Waals surface area contributed by atoms with E-state index in [-0.39, 0.29) is 12.4 Å². The molecule has 2 N–H and O–H groups in total. The van der Waals surface area contributed by atoms with Gasteiger partial charge in [0.15, 0.2) is 17.5 Å². The SMILES string of the molecule is CCCCCCCCC1CCCO1.Cc1ccc(-c2nc(-c3ccc(C)cc3C)nc(-c3ccc(OCC(C)O)cc3O)n2)c(C)c1. The normalized spacial score (nSPS) is 14.8. The van der Waals surface area contributed by atoms with Gasteiger partial charge in [0.25, 0.3) is 0 Å². The van der Waals surface area contributed by atoms with Crippen LogP contribution in [0.4, 0.5) is 0 Å². The first kappa shape index (κ1) is 36.0. The van der Waals surface area contributed by atoms with Crippen molar-refractivity contribution < 1.29 is 19.7 Å². The highest BCUT2D eigenvalue weighted by atomic mass is 16.5. The van der Waals surface area contributed by atoms with Crippen molar-refractivity contribution in [1.29, 1.82) is 0 Å². The Morgan fingerprint density at radius 3 is 1.83 bits per heavy atom. The minimum atomic E-state index is -0.606. The lowest BCUT2D eigenvalue weighted by atomic mass is 10.0. The van der Waals surface area contributed by atoms with Crippen molar-refractivity contribution in [3.05, 3.63) is 76.9 Å². The molecule has 7 heteroatoms. The summed E-state index contributed by atoms with van der Waals surface area (Å²) in [5.41, 5.74) is 6.76. The van der Waals surface area contributed by atoms with Gasteiger partial charge in [-0.05, 0) is 77.1 Å². The molecule has 1 aromatic heterocycles. The number of rotatable bonds is 13. The summed E-state index contributed by atoms with van der Waals surface area (Å²) in [7, 11) is 0. The van der Waals surface area contributed by atoms with E-state index in [9.17, 15) is 10.2 Å². The molecule has 3 aromatic carbocycles. The molecule has 252 valence electrons. The van der Waals surface area contributed by atoms with Crippen molar-refractivity contribution in [1.82, 2.24) is 15.0 Å². The molecule has 0 aliphatic carbocycles. The number of phenolic OH excluding ortho intramolecular Hbond substituents is 1. The Labute approximate surface area is 281 Å². The second kappa shape index (κ2) is 17.9. The van der Waals surface area contributed by atoms with Crippen LogP contribution in [0.5, 0.6) is 11.5 Å². The maximum absolute atomic E-state index is 10.8. The Bertz CT molecular complexity index is 1510. The third kappa shape index (κ3) is 10.9. The minimum absolute atomic E-state index is 0.00699. The Hall–Kier alpha value is -3.81. The molecule has 0 amide bonds. The van der Waals surface area contributed by atoms with E-state index < -0.39 is 6.10 Å². The molecule has 4 aromatic rings. The van der Waals surface area contributed by atoms with Crippen LogP contribution >= 0.6 is 0 Å². The molecule has 1 fully saturated rings. The van der Waals surface area contributed by atoms with Gasteiger partial charge >= 0.3 is 0 Å². The first-order chi connectivity index (χ1) is 22.6. The van der Waals surface area contributed by atoms with E-state index in [0.29, 0.717) is 34.9 Å². The van der Waals surface area contributed by atoms with E-state index in [4.69, 9.17) is 24.4 Å². The number of phenols is 1. The summed E-state index contributed by atoms with van der Waals surface area (Å²) in [6.07, 6.45) is 12.4. The van der Waals surface area contributed by atoms with Crippen molar-refractivity contribution >= 4 is 0 Å². The van der Waals surface area contributed by atoms with Crippen molar-refractivity contribution in [2.75, 3.05) is 13.2 Å². The van der Waals surface area contributed by atoms with Gasteiger partial charge in [0.05, 0.1) is 17.8 Å². The van der Waals surface area contributed by atoms with Gasteiger partial charge in [-0.1, -0.05) is 93.0 Å². The number of aryl methyl sites for hydroxylation is 4. The molecule has 2 unspecified atom stereocenters. The lowest BCUT2D eigenvalue weighted by Crippen LogP contribution is -2.12. The number of benzene rings is 3. The molecular weight excluding hydrogens is 586 g/mol. The molecule has 0 bridgehead atoms. The number of aromatic nitrogens is 3. The molecular formula is C40H53N3O4. The van der Waals surface area contributed by atoms with Gasteiger partial charge in [0.2, 0.25) is 0 Å². The zero-order valence-corrected chi connectivity index (χ0v) is 29.2. The second-order valence-electron chi connectivity index (χ2n) is 13.0. The first-order valence-corrected chi connectivity index (χ1v) is 17.3. The monoisotopic (exact) mass is 639 g/mol. The van der Waals surface area contributed by atoms with Gasteiger partial charge in [-0.2, -0.15) is 0 Å². The third-order valence-corrected chi connectivity index (χ3v) is 8.49. The quantitative estimate of drug-likeness (QED) is 0.141. The Morgan fingerprint density at radius 2 is 1.32 bits per heavy atom. The topological polar surface area (TPSA) is 97.6 Å². The van der Waals surface area contributed by atoms with E-state index in [1.54, 1.807) is 19.1 Å². The number of unbranched alkanes of at least 4 members (excludes halogenated alkanes) is 5. The molecule has 2 heterocycles. The zero-order chi connectivity index (χ0) is 33.8. The molecule has 1 saturated heterocycles. The van der Waals surface area contributed by atoms with Crippen LogP contribution in [0.3, 0.4) is 0 Å². The second-order valence-corrected chi connectivity index (χ2v) is 13.0. The Balaban J connectivity index is 0.000000323. The van der Waals surface area contributed by atoms with Gasteiger partial charge < -0.3 is 19.7 Å². The van der Waals surface area contributed by atoms with Crippen molar-refractivity contribution in [2.45, 2.75) is 112 Å². The lowest BCUT2D eigenvalue weighted by molar-refractivity contribution is 0.102. The fourth-order valence-corrected chi connectivity index (χ4v) is 5.90. The van der Waals surface area contributed by atoms with E-state index >= 15 is 0 Å². The number of hydrogen-bond donors (Lipinski definition) is 2. The summed E-state index contributed by atoms with van der Waals surface area (Å²) < 4.78 is 11.1. The van der Waals surface area contributed by atoms with Crippen LogP contribution in [0.25, 0.3) is 34.2 Å². The van der Waals surface area contributed by atoms with Crippen molar-refractivity contribution in [3.8, 4) is 45.7 Å². The highest BCUT2D eigenvalue weighted by Gasteiger charge is 2.18. The van der Waals surface area contributed by atoms with Crippen LogP contribution in [0.15, 0.2) is 54.6 Å². The fraction of sp³-hybridized carbons (Fsp3) is 0.475. The minimum Gasteiger partial charge on any atom is -0.507 e. The number of nitrogens with zero attached hydrogens (tertiary/aromatic N) is 3. The van der Waals surface area contributed by atoms with Gasteiger partial charge in [-0.15, -0.1) is 0 Å². The summed E-state index contributed by atoms with van der Waals surface area (Å²) in [4.78, 5) is 14.3. The summed E-state index contributed by atoms with van der Waals surface area (Å²) in [6, 6.07) is 17.3. The maximum atomic E-state index is 10.8. The molecule has 5 rings (SSSR count). The average molecular weight is 640 g/mol. The molecule has 1 aliphatic heterocycles. The number of aliphatic hydroxyl groups excluding tert-OH is 1. The Morgan fingerprint density at radius 1 is 0.766 bits per heavy atom. The van der Waals surface area contributed by atoms with Crippen LogP contribution in [0.1, 0.15) is 93.9 Å². The van der Waals surface area contributed by atoms with E-state index in [0.717, 1.165) is 40.0 Å². The Kier molecular flexibility index (Phi) is 13.7. The highest BCUT2D eigenvalue weighted by Crippen LogP contribution is 2.34. The molecule has 1 aliphatic rings. The molecule has 0 radical (unpaired) electrons. The summed E-state index contributed by atoms with van der Waals surface area (Å²) in [5.74, 6) is 1.92. The molecule has 47 heavy (non-hydrogen) atoms.